The van der Waals surface area contributed by atoms with E-state index in [1.807, 2.05) is 4.90 Å². The lowest BCUT2D eigenvalue weighted by molar-refractivity contribution is -0.148. The first kappa shape index (κ1) is 17.1. The molecular weight excluding hydrogens is 320 g/mol. The first-order valence-corrected chi connectivity index (χ1v) is 8.49. The fraction of sp³-hybridized carbons (Fsp3) is 0.444. The third kappa shape index (κ3) is 3.87. The normalized spacial score (nSPS) is 18.4. The number of carbonyl (C=O) groups excluding carboxylic acids is 3. The maximum absolute atomic E-state index is 12.5. The third-order valence-electron chi connectivity index (χ3n) is 4.82. The van der Waals surface area contributed by atoms with Gasteiger partial charge in [-0.05, 0) is 31.1 Å². The number of pyridine rings is 1. The van der Waals surface area contributed by atoms with Gasteiger partial charge in [0.25, 0.3) is 0 Å². The molecule has 132 valence electrons. The SMILES string of the molecule is C=CC(=O)N1CC(C(=O)N2CCC(C(=O)Nc3cccnc3)CC2)C1. The first-order chi connectivity index (χ1) is 12.1. The number of hydrogen-bond donors (Lipinski definition) is 1. The van der Waals surface area contributed by atoms with Crippen molar-refractivity contribution in [3.05, 3.63) is 37.2 Å². The highest BCUT2D eigenvalue weighted by Crippen LogP contribution is 2.24. The Balaban J connectivity index is 1.44. The van der Waals surface area contributed by atoms with E-state index in [1.54, 1.807) is 29.4 Å². The Morgan fingerprint density at radius 1 is 1.16 bits per heavy atom. The van der Waals surface area contributed by atoms with Crippen LogP contribution in [-0.2, 0) is 14.4 Å². The van der Waals surface area contributed by atoms with Gasteiger partial charge in [-0.25, -0.2) is 0 Å². The van der Waals surface area contributed by atoms with E-state index in [2.05, 4.69) is 16.9 Å². The van der Waals surface area contributed by atoms with E-state index in [9.17, 15) is 14.4 Å². The number of amides is 3. The summed E-state index contributed by atoms with van der Waals surface area (Å²) in [7, 11) is 0. The molecule has 3 rings (SSSR count). The van der Waals surface area contributed by atoms with Crippen LogP contribution >= 0.6 is 0 Å². The number of rotatable bonds is 4. The summed E-state index contributed by atoms with van der Waals surface area (Å²) in [5.74, 6) is -0.283. The van der Waals surface area contributed by atoms with Crippen LogP contribution in [0.25, 0.3) is 0 Å². The molecule has 25 heavy (non-hydrogen) atoms. The molecule has 0 radical (unpaired) electrons. The molecule has 2 aliphatic rings. The second kappa shape index (κ2) is 7.46. The number of hydrogen-bond acceptors (Lipinski definition) is 4. The summed E-state index contributed by atoms with van der Waals surface area (Å²) >= 11 is 0. The van der Waals surface area contributed by atoms with Crippen molar-refractivity contribution in [3.63, 3.8) is 0 Å². The number of likely N-dealkylation sites (tertiary alicyclic amines) is 2. The van der Waals surface area contributed by atoms with Crippen molar-refractivity contribution >= 4 is 23.4 Å². The summed E-state index contributed by atoms with van der Waals surface area (Å²) in [6.07, 6.45) is 5.85. The van der Waals surface area contributed by atoms with Crippen molar-refractivity contribution in [3.8, 4) is 0 Å². The minimum atomic E-state index is -0.130. The Morgan fingerprint density at radius 3 is 2.48 bits per heavy atom. The summed E-state index contributed by atoms with van der Waals surface area (Å²) in [6.45, 7) is 5.53. The molecule has 1 aromatic rings. The minimum Gasteiger partial charge on any atom is -0.342 e. The zero-order valence-corrected chi connectivity index (χ0v) is 14.1. The second-order valence-electron chi connectivity index (χ2n) is 6.47. The van der Waals surface area contributed by atoms with Crippen LogP contribution in [-0.4, -0.2) is 58.7 Å². The minimum absolute atomic E-state index is 0.0218. The molecule has 0 atom stereocenters. The molecule has 0 saturated carbocycles. The number of carbonyl (C=O) groups is 3. The van der Waals surface area contributed by atoms with Gasteiger partial charge in [0.2, 0.25) is 17.7 Å². The van der Waals surface area contributed by atoms with E-state index in [4.69, 9.17) is 0 Å². The number of nitrogens with zero attached hydrogens (tertiary/aromatic N) is 3. The van der Waals surface area contributed by atoms with Crippen molar-refractivity contribution < 1.29 is 14.4 Å². The van der Waals surface area contributed by atoms with Gasteiger partial charge in [-0.2, -0.15) is 0 Å². The Hall–Kier alpha value is -2.70. The van der Waals surface area contributed by atoms with Gasteiger partial charge in [0.1, 0.15) is 0 Å². The highest BCUT2D eigenvalue weighted by molar-refractivity contribution is 5.93. The lowest BCUT2D eigenvalue weighted by Gasteiger charge is -2.41. The molecule has 7 heteroatoms. The summed E-state index contributed by atoms with van der Waals surface area (Å²) in [5.41, 5.74) is 0.687. The van der Waals surface area contributed by atoms with Crippen LogP contribution in [0.2, 0.25) is 0 Å². The smallest absolute Gasteiger partial charge is 0.246 e. The molecule has 3 heterocycles. The van der Waals surface area contributed by atoms with Gasteiger partial charge in [0, 0.05) is 38.3 Å². The van der Waals surface area contributed by atoms with E-state index in [-0.39, 0.29) is 29.6 Å². The molecule has 2 saturated heterocycles. The number of piperidine rings is 1. The maximum atomic E-state index is 12.5. The van der Waals surface area contributed by atoms with Crippen LogP contribution in [0.4, 0.5) is 5.69 Å². The molecule has 7 nitrogen and oxygen atoms in total. The summed E-state index contributed by atoms with van der Waals surface area (Å²) < 4.78 is 0. The zero-order chi connectivity index (χ0) is 17.8. The van der Waals surface area contributed by atoms with E-state index >= 15 is 0 Å². The van der Waals surface area contributed by atoms with Crippen LogP contribution in [0.15, 0.2) is 37.2 Å². The average Bonchev–Trinajstić information content (AvgIpc) is 2.61. The van der Waals surface area contributed by atoms with Crippen molar-refractivity contribution in [2.24, 2.45) is 11.8 Å². The quantitative estimate of drug-likeness (QED) is 0.824. The molecule has 2 aliphatic heterocycles. The predicted octanol–water partition coefficient (Wildman–Crippen LogP) is 0.903. The highest BCUT2D eigenvalue weighted by Gasteiger charge is 2.38. The molecule has 0 unspecified atom stereocenters. The van der Waals surface area contributed by atoms with E-state index < -0.39 is 0 Å². The average molecular weight is 342 g/mol. The molecule has 2 fully saturated rings. The van der Waals surface area contributed by atoms with Gasteiger partial charge >= 0.3 is 0 Å². The van der Waals surface area contributed by atoms with Crippen LogP contribution in [0.1, 0.15) is 12.8 Å². The van der Waals surface area contributed by atoms with E-state index in [0.29, 0.717) is 44.7 Å². The summed E-state index contributed by atoms with van der Waals surface area (Å²) in [6, 6.07) is 3.58. The number of nitrogens with one attached hydrogen (secondary N) is 1. The Labute approximate surface area is 146 Å². The second-order valence-corrected chi connectivity index (χ2v) is 6.47. The fourth-order valence-electron chi connectivity index (χ4n) is 3.25. The summed E-state index contributed by atoms with van der Waals surface area (Å²) in [4.78, 5) is 43.6. The Kier molecular flexibility index (Phi) is 5.11. The van der Waals surface area contributed by atoms with Crippen molar-refractivity contribution in [2.75, 3.05) is 31.5 Å². The Morgan fingerprint density at radius 2 is 1.88 bits per heavy atom. The monoisotopic (exact) mass is 342 g/mol. The van der Waals surface area contributed by atoms with Crippen LogP contribution in [0.5, 0.6) is 0 Å². The molecular formula is C18H22N4O3. The van der Waals surface area contributed by atoms with Gasteiger partial charge in [-0.15, -0.1) is 0 Å². The Bertz CT molecular complexity index is 662. The van der Waals surface area contributed by atoms with Crippen molar-refractivity contribution in [1.29, 1.82) is 0 Å². The summed E-state index contributed by atoms with van der Waals surface area (Å²) in [5, 5.41) is 2.87. The van der Waals surface area contributed by atoms with Gasteiger partial charge in [0.05, 0.1) is 17.8 Å². The molecule has 0 aliphatic carbocycles. The molecule has 0 bridgehead atoms. The largest absolute Gasteiger partial charge is 0.342 e. The van der Waals surface area contributed by atoms with Crippen LogP contribution < -0.4 is 5.32 Å². The van der Waals surface area contributed by atoms with Gasteiger partial charge in [0.15, 0.2) is 0 Å². The third-order valence-corrected chi connectivity index (χ3v) is 4.82. The lowest BCUT2D eigenvalue weighted by atomic mass is 9.92. The van der Waals surface area contributed by atoms with Crippen molar-refractivity contribution in [1.82, 2.24) is 14.8 Å². The van der Waals surface area contributed by atoms with E-state index in [1.165, 1.54) is 6.08 Å². The molecule has 1 N–H and O–H groups in total. The molecule has 0 aromatic carbocycles. The van der Waals surface area contributed by atoms with Crippen molar-refractivity contribution in [2.45, 2.75) is 12.8 Å². The van der Waals surface area contributed by atoms with Gasteiger partial charge in [-0.1, -0.05) is 6.58 Å². The standard InChI is InChI=1S/C18H22N4O3/c1-2-16(23)22-11-14(12-22)18(25)21-8-5-13(6-9-21)17(24)20-15-4-3-7-19-10-15/h2-4,7,10,13-14H,1,5-6,8-9,11-12H2,(H,20,24). The number of anilines is 1. The van der Waals surface area contributed by atoms with Crippen LogP contribution in [0, 0.1) is 11.8 Å². The lowest BCUT2D eigenvalue weighted by Crippen LogP contribution is -2.57. The van der Waals surface area contributed by atoms with Crippen LogP contribution in [0.3, 0.4) is 0 Å². The molecule has 0 spiro atoms. The predicted molar refractivity (Wildman–Crippen MR) is 92.4 cm³/mol. The maximum Gasteiger partial charge on any atom is 0.246 e. The molecule has 1 aromatic heterocycles. The first-order valence-electron chi connectivity index (χ1n) is 8.49. The fourth-order valence-corrected chi connectivity index (χ4v) is 3.25. The number of aromatic nitrogens is 1. The topological polar surface area (TPSA) is 82.6 Å². The van der Waals surface area contributed by atoms with Gasteiger partial charge in [-0.3, -0.25) is 19.4 Å². The van der Waals surface area contributed by atoms with Gasteiger partial charge < -0.3 is 15.1 Å². The van der Waals surface area contributed by atoms with E-state index in [0.717, 1.165) is 0 Å². The zero-order valence-electron chi connectivity index (χ0n) is 14.1. The molecule has 3 amide bonds. The highest BCUT2D eigenvalue weighted by atomic mass is 16.2.